The van der Waals surface area contributed by atoms with Crippen LogP contribution < -0.4 is 0 Å². The predicted molar refractivity (Wildman–Crippen MR) is 147 cm³/mol. The van der Waals surface area contributed by atoms with E-state index >= 15 is 0 Å². The fourth-order valence-electron chi connectivity index (χ4n) is 5.14. The lowest BCUT2D eigenvalue weighted by molar-refractivity contribution is -0.129. The van der Waals surface area contributed by atoms with Crippen molar-refractivity contribution in [1.82, 2.24) is 14.7 Å². The summed E-state index contributed by atoms with van der Waals surface area (Å²) < 4.78 is 0. The van der Waals surface area contributed by atoms with E-state index in [0.29, 0.717) is 66.1 Å². The van der Waals surface area contributed by atoms with E-state index in [2.05, 4.69) is 0 Å². The Balaban J connectivity index is 1.55. The van der Waals surface area contributed by atoms with Gasteiger partial charge in [-0.05, 0) is 61.2 Å². The number of piperidine rings is 2. The second-order valence-corrected chi connectivity index (χ2v) is 10.9. The highest BCUT2D eigenvalue weighted by Gasteiger charge is 2.36. The molecular formula is C28H30Cl3N3O3. The summed E-state index contributed by atoms with van der Waals surface area (Å²) in [6, 6.07) is 12.2. The summed E-state index contributed by atoms with van der Waals surface area (Å²) in [4.78, 5) is 43.6. The van der Waals surface area contributed by atoms with Crippen molar-refractivity contribution >= 4 is 52.5 Å². The topological polar surface area (TPSA) is 60.9 Å². The average molecular weight is 563 g/mol. The summed E-state index contributed by atoms with van der Waals surface area (Å²) in [7, 11) is 1.80. The van der Waals surface area contributed by atoms with E-state index in [1.165, 1.54) is 0 Å². The number of benzene rings is 2. The fourth-order valence-corrected chi connectivity index (χ4v) is 5.57. The molecule has 0 aromatic heterocycles. The number of amides is 3. The summed E-state index contributed by atoms with van der Waals surface area (Å²) in [5.41, 5.74) is 2.54. The summed E-state index contributed by atoms with van der Waals surface area (Å²) in [6.45, 7) is 3.83. The molecule has 2 atom stereocenters. The fraction of sp³-hybridized carbons (Fsp3) is 0.393. The number of rotatable bonds is 4. The van der Waals surface area contributed by atoms with Crippen LogP contribution in [-0.2, 0) is 9.59 Å². The van der Waals surface area contributed by atoms with E-state index in [-0.39, 0.29) is 29.7 Å². The number of carbonyl (C=O) groups excluding carboxylic acids is 3. The minimum Gasteiger partial charge on any atom is -0.342 e. The van der Waals surface area contributed by atoms with E-state index < -0.39 is 0 Å². The highest BCUT2D eigenvalue weighted by atomic mass is 35.5. The van der Waals surface area contributed by atoms with E-state index in [0.717, 1.165) is 11.1 Å². The molecule has 37 heavy (non-hydrogen) atoms. The first-order valence-electron chi connectivity index (χ1n) is 12.4. The van der Waals surface area contributed by atoms with Crippen molar-refractivity contribution in [2.24, 2.45) is 0 Å². The lowest BCUT2D eigenvalue weighted by Gasteiger charge is -2.43. The first-order chi connectivity index (χ1) is 17.6. The zero-order valence-electron chi connectivity index (χ0n) is 20.9. The summed E-state index contributed by atoms with van der Waals surface area (Å²) in [5, 5.41) is 1.46. The molecule has 0 radical (unpaired) electrons. The number of hydrogen-bond acceptors (Lipinski definition) is 3. The third kappa shape index (κ3) is 6.49. The Morgan fingerprint density at radius 3 is 2.22 bits per heavy atom. The van der Waals surface area contributed by atoms with Gasteiger partial charge in [0.25, 0.3) is 5.91 Å². The van der Waals surface area contributed by atoms with Crippen molar-refractivity contribution < 1.29 is 14.4 Å². The molecule has 0 unspecified atom stereocenters. The van der Waals surface area contributed by atoms with Gasteiger partial charge in [-0.2, -0.15) is 0 Å². The molecule has 9 heteroatoms. The van der Waals surface area contributed by atoms with Crippen molar-refractivity contribution in [3.8, 4) is 0 Å². The highest BCUT2D eigenvalue weighted by molar-refractivity contribution is 6.42. The Kier molecular flexibility index (Phi) is 8.83. The molecule has 0 spiro atoms. The monoisotopic (exact) mass is 561 g/mol. The van der Waals surface area contributed by atoms with Gasteiger partial charge in [-0.3, -0.25) is 14.4 Å². The molecule has 0 bridgehead atoms. The summed E-state index contributed by atoms with van der Waals surface area (Å²) >= 11 is 18.5. The molecule has 2 heterocycles. The van der Waals surface area contributed by atoms with Crippen LogP contribution in [0.1, 0.15) is 48.0 Å². The van der Waals surface area contributed by atoms with Gasteiger partial charge in [-0.25, -0.2) is 0 Å². The predicted octanol–water partition coefficient (Wildman–Crippen LogP) is 5.67. The molecule has 6 nitrogen and oxygen atoms in total. The Labute approximate surface area is 232 Å². The van der Waals surface area contributed by atoms with Gasteiger partial charge < -0.3 is 14.7 Å². The molecule has 3 amide bonds. The molecule has 2 fully saturated rings. The van der Waals surface area contributed by atoms with Crippen LogP contribution in [0, 0.1) is 0 Å². The van der Waals surface area contributed by atoms with Crippen LogP contribution in [0.4, 0.5) is 0 Å². The highest BCUT2D eigenvalue weighted by Crippen LogP contribution is 2.35. The minimum atomic E-state index is -0.147. The molecule has 2 aliphatic heterocycles. The van der Waals surface area contributed by atoms with Gasteiger partial charge in [0.1, 0.15) is 0 Å². The zero-order chi connectivity index (χ0) is 26.7. The van der Waals surface area contributed by atoms with Crippen molar-refractivity contribution in [2.75, 3.05) is 33.2 Å². The Morgan fingerprint density at radius 1 is 0.919 bits per heavy atom. The number of likely N-dealkylation sites (tertiary alicyclic amines) is 2. The van der Waals surface area contributed by atoms with Crippen LogP contribution in [-0.4, -0.2) is 71.7 Å². The molecule has 2 aliphatic rings. The molecule has 0 saturated carbocycles. The first-order valence-corrected chi connectivity index (χ1v) is 13.5. The lowest BCUT2D eigenvalue weighted by atomic mass is 9.84. The minimum absolute atomic E-state index is 0.0403. The van der Waals surface area contributed by atoms with Gasteiger partial charge >= 0.3 is 0 Å². The Bertz CT molecular complexity index is 1200. The first kappa shape index (κ1) is 27.5. The van der Waals surface area contributed by atoms with Crippen LogP contribution >= 0.6 is 34.8 Å². The molecule has 196 valence electrons. The number of halogens is 3. The number of nitrogens with zero attached hydrogens (tertiary/aromatic N) is 3. The van der Waals surface area contributed by atoms with Gasteiger partial charge in [0, 0.05) is 68.8 Å². The van der Waals surface area contributed by atoms with E-state index in [1.54, 1.807) is 60.2 Å². The average Bonchev–Trinajstić information content (AvgIpc) is 2.90. The molecular weight excluding hydrogens is 533 g/mol. The van der Waals surface area contributed by atoms with E-state index in [1.807, 2.05) is 17.0 Å². The number of carbonyl (C=O) groups is 3. The lowest BCUT2D eigenvalue weighted by Crippen LogP contribution is -2.51. The normalized spacial score (nSPS) is 20.0. The van der Waals surface area contributed by atoms with Crippen LogP contribution in [0.3, 0.4) is 0 Å². The van der Waals surface area contributed by atoms with Crippen LogP contribution in [0.5, 0.6) is 0 Å². The summed E-state index contributed by atoms with van der Waals surface area (Å²) in [6.07, 6.45) is 3.76. The molecule has 2 aromatic rings. The van der Waals surface area contributed by atoms with Crippen LogP contribution in [0.2, 0.25) is 15.1 Å². The Morgan fingerprint density at radius 2 is 1.59 bits per heavy atom. The van der Waals surface area contributed by atoms with Crippen LogP contribution in [0.25, 0.3) is 0 Å². The zero-order valence-corrected chi connectivity index (χ0v) is 23.2. The molecule has 0 aliphatic carbocycles. The smallest absolute Gasteiger partial charge is 0.253 e. The van der Waals surface area contributed by atoms with Crippen molar-refractivity contribution in [1.29, 1.82) is 0 Å². The number of likely N-dealkylation sites (N-methyl/N-ethyl adjacent to an activating group) is 1. The van der Waals surface area contributed by atoms with Crippen molar-refractivity contribution in [3.63, 3.8) is 0 Å². The number of hydrogen-bond donors (Lipinski definition) is 0. The van der Waals surface area contributed by atoms with Gasteiger partial charge in [-0.1, -0.05) is 46.4 Å². The maximum absolute atomic E-state index is 13.3. The largest absolute Gasteiger partial charge is 0.342 e. The second-order valence-electron chi connectivity index (χ2n) is 9.65. The maximum atomic E-state index is 13.3. The maximum Gasteiger partial charge on any atom is 0.253 e. The SMILES string of the molecule is CC(=O)N1CCC(=CC(=O)N2CC[C@@H](N(C)C(=O)c3ccc(Cl)cc3)[C@H](c3ccc(Cl)c(Cl)c3)C2)CC1. The summed E-state index contributed by atoms with van der Waals surface area (Å²) in [5.74, 6) is -0.229. The van der Waals surface area contributed by atoms with Gasteiger partial charge in [-0.15, -0.1) is 0 Å². The third-order valence-corrected chi connectivity index (χ3v) is 8.34. The third-order valence-electron chi connectivity index (χ3n) is 7.35. The van der Waals surface area contributed by atoms with Crippen molar-refractivity contribution in [3.05, 3.63) is 80.3 Å². The van der Waals surface area contributed by atoms with Gasteiger partial charge in [0.15, 0.2) is 0 Å². The van der Waals surface area contributed by atoms with Crippen LogP contribution in [0.15, 0.2) is 54.1 Å². The molecule has 2 saturated heterocycles. The molecule has 4 rings (SSSR count). The molecule has 0 N–H and O–H groups in total. The van der Waals surface area contributed by atoms with E-state index in [4.69, 9.17) is 34.8 Å². The van der Waals surface area contributed by atoms with Gasteiger partial charge in [0.2, 0.25) is 11.8 Å². The molecule has 2 aromatic carbocycles. The Hall–Kier alpha value is -2.54. The van der Waals surface area contributed by atoms with Gasteiger partial charge in [0.05, 0.1) is 10.0 Å². The second kappa shape index (κ2) is 11.9. The standard InChI is InChI=1S/C28H30Cl3N3O3/c1-18(35)33-12-9-19(10-13-33)15-27(36)34-14-11-26(23(17-34)21-5-8-24(30)25(31)16-21)32(2)28(37)20-3-6-22(29)7-4-20/h3-8,15-16,23,26H,9-14,17H2,1-2H3/t23-,26+/m0/s1. The van der Waals surface area contributed by atoms with E-state index in [9.17, 15) is 14.4 Å². The quantitative estimate of drug-likeness (QED) is 0.451. The van der Waals surface area contributed by atoms with Crippen molar-refractivity contribution in [2.45, 2.75) is 38.1 Å².